The van der Waals surface area contributed by atoms with E-state index in [1.807, 2.05) is 20.8 Å². The minimum absolute atomic E-state index is 0.174. The van der Waals surface area contributed by atoms with Crippen molar-refractivity contribution in [3.63, 3.8) is 0 Å². The average molecular weight is 390 g/mol. The molecule has 1 spiro atoms. The number of carbonyl (C=O) groups is 3. The maximum Gasteiger partial charge on any atom is 0.302 e. The van der Waals surface area contributed by atoms with E-state index in [2.05, 4.69) is 6.58 Å². The number of rotatable bonds is 1. The molecule has 0 unspecified atom stereocenters. The molecule has 0 aromatic rings. The van der Waals surface area contributed by atoms with E-state index >= 15 is 0 Å². The molecule has 0 aromatic heterocycles. The van der Waals surface area contributed by atoms with Gasteiger partial charge in [0.2, 0.25) is 0 Å². The van der Waals surface area contributed by atoms with Crippen molar-refractivity contribution in [1.29, 1.82) is 0 Å². The lowest BCUT2D eigenvalue weighted by molar-refractivity contribution is -0.231. The van der Waals surface area contributed by atoms with E-state index in [4.69, 9.17) is 4.74 Å². The Hall–Kier alpha value is -1.53. The molecule has 2 N–H and O–H groups in total. The highest BCUT2D eigenvalue weighted by Gasteiger charge is 2.75. The molecule has 0 saturated heterocycles. The molecule has 6 heteroatoms. The molecular formula is C22H30O6. The fourth-order valence-corrected chi connectivity index (χ4v) is 7.65. The van der Waals surface area contributed by atoms with Gasteiger partial charge in [0, 0.05) is 24.2 Å². The van der Waals surface area contributed by atoms with Gasteiger partial charge in [-0.1, -0.05) is 27.4 Å². The van der Waals surface area contributed by atoms with Crippen LogP contribution in [0.5, 0.6) is 0 Å². The number of hydrogen-bond donors (Lipinski definition) is 2. The Morgan fingerprint density at radius 1 is 1.21 bits per heavy atom. The van der Waals surface area contributed by atoms with Gasteiger partial charge < -0.3 is 14.9 Å². The van der Waals surface area contributed by atoms with Crippen LogP contribution in [0.3, 0.4) is 0 Å². The van der Waals surface area contributed by atoms with Crippen molar-refractivity contribution in [1.82, 2.24) is 0 Å². The van der Waals surface area contributed by atoms with E-state index in [9.17, 15) is 24.6 Å². The number of aliphatic hydroxyl groups excluding tert-OH is 2. The summed E-state index contributed by atoms with van der Waals surface area (Å²) in [7, 11) is 0. The standard InChI is InChI=1S/C22H30O6/c1-10-12-8-13(24)16-21(5)7-6-14(28-11(2)23)20(3,4)17(21)15(25)19(27)22(16,9-12)18(10)26/h12-14,16-17,19,24,27H,1,6-9H2,2-5H3/t12-,13+,14+,16+,17-,19+,21+,22+/m1/s1. The summed E-state index contributed by atoms with van der Waals surface area (Å²) in [6, 6.07) is 0. The number of esters is 1. The normalized spacial score (nSPS) is 49.4. The summed E-state index contributed by atoms with van der Waals surface area (Å²) < 4.78 is 5.53. The number of hydrogen-bond acceptors (Lipinski definition) is 6. The van der Waals surface area contributed by atoms with Crippen LogP contribution < -0.4 is 0 Å². The highest BCUT2D eigenvalue weighted by Crippen LogP contribution is 2.70. The molecule has 4 saturated carbocycles. The Balaban J connectivity index is 1.86. The van der Waals surface area contributed by atoms with Gasteiger partial charge in [0.15, 0.2) is 11.6 Å². The first-order chi connectivity index (χ1) is 12.9. The fourth-order valence-electron chi connectivity index (χ4n) is 7.65. The lowest BCUT2D eigenvalue weighted by Gasteiger charge is -2.65. The first-order valence-electron chi connectivity index (χ1n) is 10.2. The maximum absolute atomic E-state index is 13.6. The number of carbonyl (C=O) groups excluding carboxylic acids is 3. The second-order valence-corrected chi connectivity index (χ2v) is 10.3. The summed E-state index contributed by atoms with van der Waals surface area (Å²) in [6.07, 6.45) is -0.764. The quantitative estimate of drug-likeness (QED) is 0.523. The van der Waals surface area contributed by atoms with Gasteiger partial charge in [-0.15, -0.1) is 0 Å². The molecule has 28 heavy (non-hydrogen) atoms. The van der Waals surface area contributed by atoms with Crippen LogP contribution in [0, 0.1) is 34.0 Å². The molecule has 0 radical (unpaired) electrons. The zero-order chi connectivity index (χ0) is 20.8. The lowest BCUT2D eigenvalue weighted by atomic mass is 9.39. The minimum atomic E-state index is -1.46. The molecular weight excluding hydrogens is 360 g/mol. The van der Waals surface area contributed by atoms with E-state index < -0.39 is 52.4 Å². The van der Waals surface area contributed by atoms with Crippen LogP contribution in [0.1, 0.15) is 53.4 Å². The molecule has 8 atom stereocenters. The zero-order valence-corrected chi connectivity index (χ0v) is 17.0. The van der Waals surface area contributed by atoms with Crippen molar-refractivity contribution < 1.29 is 29.3 Å². The van der Waals surface area contributed by atoms with E-state index in [0.29, 0.717) is 31.3 Å². The van der Waals surface area contributed by atoms with Gasteiger partial charge in [0.1, 0.15) is 12.2 Å². The molecule has 4 fully saturated rings. The lowest BCUT2D eigenvalue weighted by Crippen LogP contribution is -2.71. The molecule has 0 amide bonds. The predicted molar refractivity (Wildman–Crippen MR) is 100.0 cm³/mol. The van der Waals surface area contributed by atoms with Crippen molar-refractivity contribution in [2.24, 2.45) is 34.0 Å². The van der Waals surface area contributed by atoms with Crippen LogP contribution >= 0.6 is 0 Å². The fraction of sp³-hybridized carbons (Fsp3) is 0.773. The number of Topliss-reactive ketones (excluding diaryl/α,β-unsaturated/α-hetero) is 2. The Bertz CT molecular complexity index is 784. The molecule has 0 heterocycles. The molecule has 4 rings (SSSR count). The van der Waals surface area contributed by atoms with Crippen molar-refractivity contribution >= 4 is 17.5 Å². The van der Waals surface area contributed by atoms with Crippen molar-refractivity contribution in [3.8, 4) is 0 Å². The van der Waals surface area contributed by atoms with Crippen molar-refractivity contribution in [2.45, 2.75) is 71.7 Å². The van der Waals surface area contributed by atoms with E-state index in [1.165, 1.54) is 6.92 Å². The molecule has 0 aliphatic heterocycles. The van der Waals surface area contributed by atoms with Gasteiger partial charge in [0.25, 0.3) is 0 Å². The topological polar surface area (TPSA) is 101 Å². The molecule has 154 valence electrons. The van der Waals surface area contributed by atoms with E-state index in [1.54, 1.807) is 0 Å². The number of ketones is 2. The van der Waals surface area contributed by atoms with E-state index in [-0.39, 0.29) is 17.5 Å². The Morgan fingerprint density at radius 2 is 1.86 bits per heavy atom. The van der Waals surface area contributed by atoms with Gasteiger partial charge in [-0.05, 0) is 42.6 Å². The van der Waals surface area contributed by atoms with E-state index in [0.717, 1.165) is 0 Å². The number of ether oxygens (including phenoxy) is 1. The largest absolute Gasteiger partial charge is 0.462 e. The summed E-state index contributed by atoms with van der Waals surface area (Å²) in [6.45, 7) is 11.0. The number of allylic oxidation sites excluding steroid dienone is 1. The van der Waals surface area contributed by atoms with Gasteiger partial charge in [-0.25, -0.2) is 0 Å². The monoisotopic (exact) mass is 390 g/mol. The van der Waals surface area contributed by atoms with Gasteiger partial charge in [-0.2, -0.15) is 0 Å². The smallest absolute Gasteiger partial charge is 0.302 e. The summed E-state index contributed by atoms with van der Waals surface area (Å²) in [4.78, 5) is 38.4. The molecule has 6 nitrogen and oxygen atoms in total. The molecule has 4 aliphatic carbocycles. The van der Waals surface area contributed by atoms with Crippen LogP contribution in [0.15, 0.2) is 12.2 Å². The maximum atomic E-state index is 13.6. The zero-order valence-electron chi connectivity index (χ0n) is 17.0. The highest BCUT2D eigenvalue weighted by molar-refractivity contribution is 6.08. The van der Waals surface area contributed by atoms with Gasteiger partial charge in [-0.3, -0.25) is 14.4 Å². The summed E-state index contributed by atoms with van der Waals surface area (Å²) >= 11 is 0. The second kappa shape index (κ2) is 5.76. The number of aliphatic hydroxyl groups is 2. The predicted octanol–water partition coefficient (Wildman–Crippen LogP) is 1.82. The average Bonchev–Trinajstić information content (AvgIpc) is 2.77. The van der Waals surface area contributed by atoms with Crippen LogP contribution in [-0.2, 0) is 19.1 Å². The van der Waals surface area contributed by atoms with Crippen molar-refractivity contribution in [3.05, 3.63) is 12.2 Å². The van der Waals surface area contributed by atoms with Crippen molar-refractivity contribution in [2.75, 3.05) is 0 Å². The summed E-state index contributed by atoms with van der Waals surface area (Å²) in [5, 5.41) is 22.3. The third-order valence-electron chi connectivity index (χ3n) is 8.50. The van der Waals surface area contributed by atoms with Crippen LogP contribution in [0.4, 0.5) is 0 Å². The molecule has 4 aliphatic rings. The van der Waals surface area contributed by atoms with Crippen LogP contribution in [0.2, 0.25) is 0 Å². The Morgan fingerprint density at radius 3 is 2.46 bits per heavy atom. The summed E-state index contributed by atoms with van der Waals surface area (Å²) in [5.74, 6) is -2.32. The minimum Gasteiger partial charge on any atom is -0.462 e. The van der Waals surface area contributed by atoms with Gasteiger partial charge in [0.05, 0.1) is 11.5 Å². The van der Waals surface area contributed by atoms with Gasteiger partial charge >= 0.3 is 5.97 Å². The second-order valence-electron chi connectivity index (χ2n) is 10.3. The Kier molecular flexibility index (Phi) is 4.07. The molecule has 2 bridgehead atoms. The highest BCUT2D eigenvalue weighted by atomic mass is 16.5. The number of fused-ring (bicyclic) bond motifs is 3. The SMILES string of the molecule is C=C1C(=O)[C@]23C[C@H]1C[C@H](O)[C@H]2[C@]1(C)CC[C@H](OC(C)=O)C(C)(C)[C@H]1C(=O)[C@@H]3O. The first-order valence-corrected chi connectivity index (χ1v) is 10.2. The third kappa shape index (κ3) is 2.13. The molecule has 0 aromatic carbocycles. The first kappa shape index (κ1) is 19.8. The third-order valence-corrected chi connectivity index (χ3v) is 8.50. The van der Waals surface area contributed by atoms with Crippen LogP contribution in [0.25, 0.3) is 0 Å². The Labute approximate surface area is 165 Å². The summed E-state index contributed by atoms with van der Waals surface area (Å²) in [5.41, 5.74) is -2.22. The van der Waals surface area contributed by atoms with Crippen LogP contribution in [-0.4, -0.2) is 46.1 Å².